The number of aliphatic hydroxyl groups excluding tert-OH is 1. The third-order valence-corrected chi connectivity index (χ3v) is 3.42. The summed E-state index contributed by atoms with van der Waals surface area (Å²) in [7, 11) is 0. The van der Waals surface area contributed by atoms with Crippen LogP contribution in [-0.4, -0.2) is 36.2 Å². The standard InChI is InChI=1S/C11H20N2O2/c14-10-4-2-1-3-9(10)13-11(15)5-8-6-12-7-8/h8-10,12,14H,1-7H2,(H,13,15)/t9-,10-/m0/s1. The van der Waals surface area contributed by atoms with Crippen LogP contribution >= 0.6 is 0 Å². The lowest BCUT2D eigenvalue weighted by Crippen LogP contribution is -2.49. The van der Waals surface area contributed by atoms with Crippen molar-refractivity contribution in [3.05, 3.63) is 0 Å². The average Bonchev–Trinajstić information content (AvgIpc) is 2.16. The number of nitrogens with one attached hydrogen (secondary N) is 2. The molecule has 1 amide bonds. The summed E-state index contributed by atoms with van der Waals surface area (Å²) in [5, 5.41) is 15.8. The lowest BCUT2D eigenvalue weighted by molar-refractivity contribution is -0.124. The minimum Gasteiger partial charge on any atom is -0.391 e. The van der Waals surface area contributed by atoms with Crippen molar-refractivity contribution in [2.24, 2.45) is 5.92 Å². The van der Waals surface area contributed by atoms with Gasteiger partial charge in [-0.05, 0) is 31.8 Å². The van der Waals surface area contributed by atoms with E-state index in [1.165, 1.54) is 0 Å². The van der Waals surface area contributed by atoms with Gasteiger partial charge in [-0.1, -0.05) is 12.8 Å². The molecule has 86 valence electrons. The summed E-state index contributed by atoms with van der Waals surface area (Å²) in [5.41, 5.74) is 0. The number of hydrogen-bond acceptors (Lipinski definition) is 3. The Labute approximate surface area is 90.4 Å². The van der Waals surface area contributed by atoms with Crippen LogP contribution in [-0.2, 0) is 4.79 Å². The first-order valence-electron chi connectivity index (χ1n) is 5.94. The van der Waals surface area contributed by atoms with E-state index in [0.29, 0.717) is 12.3 Å². The van der Waals surface area contributed by atoms with E-state index < -0.39 is 0 Å². The molecular formula is C11H20N2O2. The predicted octanol–water partition coefficient (Wildman–Crippen LogP) is 0.0156. The first-order chi connectivity index (χ1) is 7.25. The third kappa shape index (κ3) is 2.92. The van der Waals surface area contributed by atoms with Crippen LogP contribution in [0.25, 0.3) is 0 Å². The lowest BCUT2D eigenvalue weighted by atomic mass is 9.92. The summed E-state index contributed by atoms with van der Waals surface area (Å²) in [4.78, 5) is 11.6. The van der Waals surface area contributed by atoms with Gasteiger partial charge in [-0.25, -0.2) is 0 Å². The Balaban J connectivity index is 1.71. The molecule has 2 aliphatic rings. The van der Waals surface area contributed by atoms with Crippen LogP contribution in [0.5, 0.6) is 0 Å². The van der Waals surface area contributed by atoms with E-state index in [1.807, 2.05) is 0 Å². The SMILES string of the molecule is O=C(CC1CNC1)N[C@H]1CCCC[C@@H]1O. The second-order valence-electron chi connectivity index (χ2n) is 4.75. The van der Waals surface area contributed by atoms with Crippen LogP contribution in [0.1, 0.15) is 32.1 Å². The molecular weight excluding hydrogens is 192 g/mol. The van der Waals surface area contributed by atoms with E-state index in [4.69, 9.17) is 0 Å². The highest BCUT2D eigenvalue weighted by molar-refractivity contribution is 5.76. The van der Waals surface area contributed by atoms with Gasteiger partial charge in [0.1, 0.15) is 0 Å². The zero-order chi connectivity index (χ0) is 10.7. The van der Waals surface area contributed by atoms with Crippen molar-refractivity contribution in [2.45, 2.75) is 44.2 Å². The van der Waals surface area contributed by atoms with Gasteiger partial charge < -0.3 is 15.7 Å². The molecule has 1 heterocycles. The maximum atomic E-state index is 11.6. The lowest BCUT2D eigenvalue weighted by Gasteiger charge is -2.30. The number of carbonyl (C=O) groups excluding carboxylic acids is 1. The average molecular weight is 212 g/mol. The van der Waals surface area contributed by atoms with Gasteiger partial charge in [0.25, 0.3) is 0 Å². The maximum absolute atomic E-state index is 11.6. The summed E-state index contributed by atoms with van der Waals surface area (Å²) >= 11 is 0. The molecule has 0 unspecified atom stereocenters. The number of amides is 1. The van der Waals surface area contributed by atoms with Crippen LogP contribution in [0.2, 0.25) is 0 Å². The number of aliphatic hydroxyl groups is 1. The molecule has 0 radical (unpaired) electrons. The van der Waals surface area contributed by atoms with Crippen molar-refractivity contribution in [3.63, 3.8) is 0 Å². The van der Waals surface area contributed by atoms with Gasteiger partial charge >= 0.3 is 0 Å². The highest BCUT2D eigenvalue weighted by atomic mass is 16.3. The first kappa shape index (κ1) is 10.9. The molecule has 4 nitrogen and oxygen atoms in total. The van der Waals surface area contributed by atoms with E-state index in [9.17, 15) is 9.90 Å². The monoisotopic (exact) mass is 212 g/mol. The zero-order valence-electron chi connectivity index (χ0n) is 9.04. The predicted molar refractivity (Wildman–Crippen MR) is 57.4 cm³/mol. The minimum absolute atomic E-state index is 0.000661. The van der Waals surface area contributed by atoms with E-state index in [-0.39, 0.29) is 18.1 Å². The van der Waals surface area contributed by atoms with Gasteiger partial charge in [0.2, 0.25) is 5.91 Å². The number of carbonyl (C=O) groups is 1. The Morgan fingerprint density at radius 3 is 2.67 bits per heavy atom. The van der Waals surface area contributed by atoms with Gasteiger partial charge in [-0.15, -0.1) is 0 Å². The quantitative estimate of drug-likeness (QED) is 0.618. The topological polar surface area (TPSA) is 61.4 Å². The molecule has 0 aromatic rings. The Morgan fingerprint density at radius 2 is 2.07 bits per heavy atom. The summed E-state index contributed by atoms with van der Waals surface area (Å²) in [6.45, 7) is 1.92. The van der Waals surface area contributed by atoms with Gasteiger partial charge in [0.15, 0.2) is 0 Å². The van der Waals surface area contributed by atoms with Crippen LogP contribution in [0, 0.1) is 5.92 Å². The highest BCUT2D eigenvalue weighted by Crippen LogP contribution is 2.18. The van der Waals surface area contributed by atoms with Crippen LogP contribution in [0.4, 0.5) is 0 Å². The summed E-state index contributed by atoms with van der Waals surface area (Å²) in [6.07, 6.45) is 4.23. The fourth-order valence-corrected chi connectivity index (χ4v) is 2.30. The normalized spacial score (nSPS) is 32.1. The van der Waals surface area contributed by atoms with E-state index in [0.717, 1.165) is 38.8 Å². The maximum Gasteiger partial charge on any atom is 0.220 e. The van der Waals surface area contributed by atoms with E-state index in [2.05, 4.69) is 10.6 Å². The Bertz CT molecular complexity index is 229. The van der Waals surface area contributed by atoms with Gasteiger partial charge in [-0.2, -0.15) is 0 Å². The summed E-state index contributed by atoms with van der Waals surface area (Å²) in [5.74, 6) is 0.609. The van der Waals surface area contributed by atoms with Crippen molar-refractivity contribution in [2.75, 3.05) is 13.1 Å². The molecule has 1 aliphatic heterocycles. The van der Waals surface area contributed by atoms with E-state index in [1.54, 1.807) is 0 Å². The third-order valence-electron chi connectivity index (χ3n) is 3.42. The van der Waals surface area contributed by atoms with Gasteiger partial charge in [0, 0.05) is 6.42 Å². The fourth-order valence-electron chi connectivity index (χ4n) is 2.30. The second-order valence-corrected chi connectivity index (χ2v) is 4.75. The number of rotatable bonds is 3. The molecule has 2 atom stereocenters. The fraction of sp³-hybridized carbons (Fsp3) is 0.909. The Kier molecular flexibility index (Phi) is 3.59. The molecule has 0 spiro atoms. The molecule has 4 heteroatoms. The first-order valence-corrected chi connectivity index (χ1v) is 5.94. The molecule has 0 bridgehead atoms. The molecule has 1 saturated carbocycles. The smallest absolute Gasteiger partial charge is 0.220 e. The molecule has 1 aliphatic carbocycles. The molecule has 0 aromatic carbocycles. The van der Waals surface area contributed by atoms with Crippen LogP contribution < -0.4 is 10.6 Å². The molecule has 2 rings (SSSR count). The van der Waals surface area contributed by atoms with Crippen molar-refractivity contribution >= 4 is 5.91 Å². The van der Waals surface area contributed by atoms with Crippen molar-refractivity contribution in [1.29, 1.82) is 0 Å². The Morgan fingerprint density at radius 1 is 1.33 bits per heavy atom. The molecule has 0 aromatic heterocycles. The molecule has 1 saturated heterocycles. The van der Waals surface area contributed by atoms with Gasteiger partial charge in [0.05, 0.1) is 12.1 Å². The second kappa shape index (κ2) is 4.94. The van der Waals surface area contributed by atoms with Crippen molar-refractivity contribution < 1.29 is 9.90 Å². The number of hydrogen-bond donors (Lipinski definition) is 3. The summed E-state index contributed by atoms with van der Waals surface area (Å²) in [6, 6.07) is -0.000661. The minimum atomic E-state index is -0.331. The van der Waals surface area contributed by atoms with E-state index >= 15 is 0 Å². The largest absolute Gasteiger partial charge is 0.391 e. The molecule has 2 fully saturated rings. The Hall–Kier alpha value is -0.610. The summed E-state index contributed by atoms with van der Waals surface area (Å²) < 4.78 is 0. The van der Waals surface area contributed by atoms with Crippen LogP contribution in [0.3, 0.4) is 0 Å². The highest BCUT2D eigenvalue weighted by Gasteiger charge is 2.26. The van der Waals surface area contributed by atoms with Crippen molar-refractivity contribution in [1.82, 2.24) is 10.6 Å². The van der Waals surface area contributed by atoms with Crippen molar-refractivity contribution in [3.8, 4) is 0 Å². The zero-order valence-corrected chi connectivity index (χ0v) is 9.04. The van der Waals surface area contributed by atoms with Gasteiger partial charge in [-0.3, -0.25) is 4.79 Å². The molecule has 15 heavy (non-hydrogen) atoms. The molecule has 3 N–H and O–H groups in total. The van der Waals surface area contributed by atoms with Crippen LogP contribution in [0.15, 0.2) is 0 Å².